The number of carbonyl (C=O) groups is 2. The first kappa shape index (κ1) is 14.5. The van der Waals surface area contributed by atoms with Crippen LogP contribution in [0.1, 0.15) is 12.0 Å². The maximum atomic E-state index is 12.6. The summed E-state index contributed by atoms with van der Waals surface area (Å²) < 4.78 is 5.31. The van der Waals surface area contributed by atoms with Gasteiger partial charge in [-0.25, -0.2) is 4.90 Å². The average Bonchev–Trinajstić information content (AvgIpc) is 2.78. The van der Waals surface area contributed by atoms with Crippen LogP contribution < -0.4 is 9.80 Å². The second-order valence-corrected chi connectivity index (χ2v) is 5.94. The summed E-state index contributed by atoms with van der Waals surface area (Å²) >= 11 is 6.10. The number of ether oxygens (including phenoxy) is 1. The summed E-state index contributed by atoms with van der Waals surface area (Å²) in [6.45, 7) is 4.71. The molecule has 3 rings (SSSR count). The Morgan fingerprint density at radius 1 is 1.29 bits per heavy atom. The quantitative estimate of drug-likeness (QED) is 0.794. The first-order valence-electron chi connectivity index (χ1n) is 7.13. The molecule has 0 bridgehead atoms. The summed E-state index contributed by atoms with van der Waals surface area (Å²) in [5, 5.41) is 0.565. The van der Waals surface area contributed by atoms with Gasteiger partial charge in [-0.3, -0.25) is 9.59 Å². The van der Waals surface area contributed by atoms with Crippen LogP contribution in [0, 0.1) is 6.92 Å². The fourth-order valence-corrected chi connectivity index (χ4v) is 3.10. The number of imide groups is 1. The van der Waals surface area contributed by atoms with E-state index in [2.05, 4.69) is 0 Å². The summed E-state index contributed by atoms with van der Waals surface area (Å²) in [6.07, 6.45) is 0.264. The van der Waals surface area contributed by atoms with Gasteiger partial charge in [-0.15, -0.1) is 0 Å². The Morgan fingerprint density at radius 3 is 2.67 bits per heavy atom. The molecule has 2 fully saturated rings. The van der Waals surface area contributed by atoms with Crippen LogP contribution in [-0.2, 0) is 14.3 Å². The molecule has 1 N–H and O–H groups in total. The monoisotopic (exact) mass is 309 g/mol. The highest BCUT2D eigenvalue weighted by Gasteiger charge is 2.46. The second kappa shape index (κ2) is 5.75. The van der Waals surface area contributed by atoms with Crippen LogP contribution in [0.25, 0.3) is 0 Å². The number of halogens is 1. The Labute approximate surface area is 128 Å². The molecule has 0 aromatic heterocycles. The number of quaternary nitrogens is 1. The Morgan fingerprint density at radius 2 is 2.00 bits per heavy atom. The topological polar surface area (TPSA) is 51.1 Å². The van der Waals surface area contributed by atoms with Crippen molar-refractivity contribution in [1.82, 2.24) is 0 Å². The molecule has 0 saturated carbocycles. The van der Waals surface area contributed by atoms with E-state index in [0.717, 1.165) is 23.6 Å². The lowest BCUT2D eigenvalue weighted by molar-refractivity contribution is -0.922. The van der Waals surface area contributed by atoms with E-state index in [1.54, 1.807) is 12.1 Å². The van der Waals surface area contributed by atoms with E-state index in [-0.39, 0.29) is 24.3 Å². The lowest BCUT2D eigenvalue weighted by Crippen LogP contribution is -3.18. The van der Waals surface area contributed by atoms with Crippen LogP contribution in [-0.4, -0.2) is 44.2 Å². The Balaban J connectivity index is 1.84. The molecule has 1 aromatic carbocycles. The van der Waals surface area contributed by atoms with Gasteiger partial charge in [0.05, 0.1) is 25.3 Å². The van der Waals surface area contributed by atoms with Gasteiger partial charge in [-0.1, -0.05) is 17.7 Å². The minimum atomic E-state index is -0.290. The molecule has 1 aromatic rings. The van der Waals surface area contributed by atoms with Crippen LogP contribution >= 0.6 is 11.6 Å². The molecule has 2 amide bonds. The van der Waals surface area contributed by atoms with E-state index in [1.165, 1.54) is 4.90 Å². The summed E-state index contributed by atoms with van der Waals surface area (Å²) in [7, 11) is 0. The SMILES string of the molecule is Cc1ccc(N2C(=O)C[C@@H]([NH+]3CCOCC3)C2=O)cc1Cl. The third-order valence-corrected chi connectivity index (χ3v) is 4.60. The van der Waals surface area contributed by atoms with Crippen molar-refractivity contribution in [2.24, 2.45) is 0 Å². The number of benzene rings is 1. The predicted octanol–water partition coefficient (Wildman–Crippen LogP) is 0.195. The zero-order chi connectivity index (χ0) is 15.0. The van der Waals surface area contributed by atoms with Gasteiger partial charge >= 0.3 is 0 Å². The number of hydrogen-bond donors (Lipinski definition) is 1. The predicted molar refractivity (Wildman–Crippen MR) is 78.6 cm³/mol. The molecule has 21 heavy (non-hydrogen) atoms. The molecule has 112 valence electrons. The number of nitrogens with zero attached hydrogens (tertiary/aromatic N) is 1. The Bertz CT molecular complexity index is 584. The highest BCUT2D eigenvalue weighted by Crippen LogP contribution is 2.27. The van der Waals surface area contributed by atoms with Crippen LogP contribution in [0.5, 0.6) is 0 Å². The van der Waals surface area contributed by atoms with Crippen LogP contribution in [0.2, 0.25) is 5.02 Å². The highest BCUT2D eigenvalue weighted by atomic mass is 35.5. The van der Waals surface area contributed by atoms with Crippen molar-refractivity contribution in [2.45, 2.75) is 19.4 Å². The molecule has 6 heteroatoms. The summed E-state index contributed by atoms with van der Waals surface area (Å²) in [6, 6.07) is 4.99. The van der Waals surface area contributed by atoms with Crippen LogP contribution in [0.15, 0.2) is 18.2 Å². The number of aryl methyl sites for hydroxylation is 1. The van der Waals surface area contributed by atoms with Gasteiger partial charge in [0, 0.05) is 5.02 Å². The minimum absolute atomic E-state index is 0.128. The maximum Gasteiger partial charge on any atom is 0.292 e. The highest BCUT2D eigenvalue weighted by molar-refractivity contribution is 6.32. The Kier molecular flexibility index (Phi) is 3.97. The molecular formula is C15H18ClN2O3+. The van der Waals surface area contributed by atoms with Crippen molar-refractivity contribution in [3.05, 3.63) is 28.8 Å². The largest absolute Gasteiger partial charge is 0.370 e. The summed E-state index contributed by atoms with van der Waals surface area (Å²) in [4.78, 5) is 27.3. The third-order valence-electron chi connectivity index (χ3n) is 4.19. The molecule has 1 atom stereocenters. The fourth-order valence-electron chi connectivity index (χ4n) is 2.93. The molecule has 0 spiro atoms. The molecule has 2 saturated heterocycles. The molecule has 0 radical (unpaired) electrons. The number of rotatable bonds is 2. The Hall–Kier alpha value is -1.43. The van der Waals surface area contributed by atoms with E-state index in [1.807, 2.05) is 13.0 Å². The molecule has 2 aliphatic rings. The van der Waals surface area contributed by atoms with Crippen molar-refractivity contribution in [1.29, 1.82) is 0 Å². The summed E-state index contributed by atoms with van der Waals surface area (Å²) in [5.41, 5.74) is 1.49. The van der Waals surface area contributed by atoms with Gasteiger partial charge in [0.2, 0.25) is 5.91 Å². The van der Waals surface area contributed by atoms with Crippen molar-refractivity contribution in [3.63, 3.8) is 0 Å². The van der Waals surface area contributed by atoms with Crippen molar-refractivity contribution in [2.75, 3.05) is 31.2 Å². The maximum absolute atomic E-state index is 12.6. The molecular weight excluding hydrogens is 292 g/mol. The molecule has 5 nitrogen and oxygen atoms in total. The zero-order valence-corrected chi connectivity index (χ0v) is 12.7. The number of anilines is 1. The van der Waals surface area contributed by atoms with Crippen LogP contribution in [0.3, 0.4) is 0 Å². The van der Waals surface area contributed by atoms with E-state index >= 15 is 0 Å². The molecule has 0 unspecified atom stereocenters. The van der Waals surface area contributed by atoms with E-state index in [9.17, 15) is 9.59 Å². The third kappa shape index (κ3) is 2.69. The second-order valence-electron chi connectivity index (χ2n) is 5.53. The van der Waals surface area contributed by atoms with Gasteiger partial charge in [-0.05, 0) is 24.6 Å². The zero-order valence-electron chi connectivity index (χ0n) is 11.9. The van der Waals surface area contributed by atoms with Gasteiger partial charge in [0.25, 0.3) is 5.91 Å². The minimum Gasteiger partial charge on any atom is -0.370 e. The first-order chi connectivity index (χ1) is 10.1. The van der Waals surface area contributed by atoms with E-state index in [4.69, 9.17) is 16.3 Å². The number of carbonyl (C=O) groups excluding carboxylic acids is 2. The van der Waals surface area contributed by atoms with Crippen molar-refractivity contribution < 1.29 is 19.2 Å². The number of morpholine rings is 1. The first-order valence-corrected chi connectivity index (χ1v) is 7.51. The van der Waals surface area contributed by atoms with Gasteiger partial charge < -0.3 is 9.64 Å². The fraction of sp³-hybridized carbons (Fsp3) is 0.467. The van der Waals surface area contributed by atoms with Crippen molar-refractivity contribution in [3.8, 4) is 0 Å². The molecule has 2 aliphatic heterocycles. The number of amides is 2. The van der Waals surface area contributed by atoms with E-state index in [0.29, 0.717) is 23.9 Å². The molecule has 2 heterocycles. The number of hydrogen-bond acceptors (Lipinski definition) is 3. The van der Waals surface area contributed by atoms with Crippen molar-refractivity contribution >= 4 is 29.1 Å². The average molecular weight is 310 g/mol. The normalized spacial score (nSPS) is 23.9. The van der Waals surface area contributed by atoms with E-state index < -0.39 is 0 Å². The smallest absolute Gasteiger partial charge is 0.292 e. The standard InChI is InChI=1S/C15H17ClN2O3/c1-10-2-3-11(8-12(10)16)18-14(19)9-13(15(18)20)17-4-6-21-7-5-17/h2-3,8,13H,4-7,9H2,1H3/p+1/t13-/m1/s1. The van der Waals surface area contributed by atoms with Gasteiger partial charge in [0.1, 0.15) is 13.1 Å². The lowest BCUT2D eigenvalue weighted by Gasteiger charge is -2.27. The number of nitrogens with one attached hydrogen (secondary N) is 1. The van der Waals surface area contributed by atoms with Crippen LogP contribution in [0.4, 0.5) is 5.69 Å². The molecule has 0 aliphatic carbocycles. The lowest BCUT2D eigenvalue weighted by atomic mass is 10.2. The van der Waals surface area contributed by atoms with Gasteiger partial charge in [0.15, 0.2) is 6.04 Å². The van der Waals surface area contributed by atoms with Gasteiger partial charge in [-0.2, -0.15) is 0 Å². The summed E-state index contributed by atoms with van der Waals surface area (Å²) in [5.74, 6) is -0.277.